The Morgan fingerprint density at radius 3 is 2.67 bits per heavy atom. The molecule has 0 saturated heterocycles. The number of hydrogen-bond donors (Lipinski definition) is 1. The summed E-state index contributed by atoms with van der Waals surface area (Å²) in [6.45, 7) is 0.172. The average Bonchev–Trinajstić information content (AvgIpc) is 3.40. The van der Waals surface area contributed by atoms with E-state index < -0.39 is 25.6 Å². The maximum Gasteiger partial charge on any atom is 0.387 e. The van der Waals surface area contributed by atoms with E-state index >= 15 is 0 Å². The largest absolute Gasteiger partial charge is 0.434 e. The molecule has 4 heterocycles. The van der Waals surface area contributed by atoms with Crippen LogP contribution in [0, 0.1) is 5.82 Å². The fourth-order valence-electron chi connectivity index (χ4n) is 5.45. The first-order valence-corrected chi connectivity index (χ1v) is 15.1. The van der Waals surface area contributed by atoms with Gasteiger partial charge in [0.2, 0.25) is 0 Å². The van der Waals surface area contributed by atoms with E-state index in [2.05, 4.69) is 10.3 Å². The number of rotatable bonds is 6. The standard InChI is InChI=1S/C27H25F3N5O3P/c1-34-21-11-20(23-16(26(34)36)5-4-6-22(23)38-27(29)30)35-19-10-14(7-8-18(19)33-25(21)35)15-9-17(28)24(31-12-15)32-13-39(2,3)37/h4-10,12,20-21,27H,11,13H2,1-3H3,(H,31,32)/t20-,21-/m1/s1. The molecule has 0 aliphatic carbocycles. The second-order valence-corrected chi connectivity index (χ2v) is 13.8. The first-order chi connectivity index (χ1) is 18.5. The molecule has 0 unspecified atom stereocenters. The van der Waals surface area contributed by atoms with Crippen molar-refractivity contribution < 1.29 is 27.3 Å². The molecule has 2 aliphatic heterocycles. The summed E-state index contributed by atoms with van der Waals surface area (Å²) >= 11 is 0. The van der Waals surface area contributed by atoms with Crippen molar-refractivity contribution in [1.29, 1.82) is 0 Å². The summed E-state index contributed by atoms with van der Waals surface area (Å²) < 4.78 is 60.3. The van der Waals surface area contributed by atoms with Crippen molar-refractivity contribution in [3.63, 3.8) is 0 Å². The second kappa shape index (κ2) is 9.12. The van der Waals surface area contributed by atoms with Gasteiger partial charge in [0.05, 0.1) is 36.5 Å². The minimum absolute atomic E-state index is 0.0231. The number of amides is 1. The monoisotopic (exact) mass is 555 g/mol. The van der Waals surface area contributed by atoms with Gasteiger partial charge < -0.3 is 24.1 Å². The molecule has 202 valence electrons. The molecule has 1 amide bonds. The van der Waals surface area contributed by atoms with Gasteiger partial charge in [0.1, 0.15) is 11.6 Å². The van der Waals surface area contributed by atoms with Crippen LogP contribution in [0.1, 0.15) is 40.3 Å². The first-order valence-electron chi connectivity index (χ1n) is 12.3. The summed E-state index contributed by atoms with van der Waals surface area (Å²) in [7, 11) is -0.726. The van der Waals surface area contributed by atoms with Crippen LogP contribution in [0.4, 0.5) is 19.0 Å². The van der Waals surface area contributed by atoms with Crippen molar-refractivity contribution in [3.8, 4) is 16.9 Å². The molecule has 0 spiro atoms. The summed E-state index contributed by atoms with van der Waals surface area (Å²) in [5.41, 5.74) is 3.29. The first kappa shape index (κ1) is 25.4. The van der Waals surface area contributed by atoms with Crippen molar-refractivity contribution in [2.75, 3.05) is 32.0 Å². The Kier molecular flexibility index (Phi) is 5.95. The van der Waals surface area contributed by atoms with E-state index in [1.165, 1.54) is 24.4 Å². The predicted molar refractivity (Wildman–Crippen MR) is 142 cm³/mol. The number of anilines is 1. The van der Waals surface area contributed by atoms with Crippen molar-refractivity contribution in [3.05, 3.63) is 71.4 Å². The van der Waals surface area contributed by atoms with Crippen LogP contribution in [0.25, 0.3) is 22.2 Å². The molecule has 2 atom stereocenters. The number of carbonyl (C=O) groups is 1. The van der Waals surface area contributed by atoms with Crippen LogP contribution in [0.2, 0.25) is 0 Å². The second-order valence-electron chi connectivity index (χ2n) is 10.3. The van der Waals surface area contributed by atoms with Crippen LogP contribution in [-0.4, -0.2) is 58.6 Å². The van der Waals surface area contributed by atoms with Crippen molar-refractivity contribution in [2.45, 2.75) is 25.1 Å². The Hall–Kier alpha value is -3.85. The number of fused-ring (bicyclic) bond motifs is 9. The Bertz CT molecular complexity index is 1680. The van der Waals surface area contributed by atoms with Crippen LogP contribution < -0.4 is 10.1 Å². The maximum absolute atomic E-state index is 14.9. The molecule has 2 bridgehead atoms. The van der Waals surface area contributed by atoms with Gasteiger partial charge >= 0.3 is 6.61 Å². The highest BCUT2D eigenvalue weighted by molar-refractivity contribution is 7.62. The Balaban J connectivity index is 1.46. The number of halogens is 3. The highest BCUT2D eigenvalue weighted by atomic mass is 31.2. The van der Waals surface area contributed by atoms with E-state index in [9.17, 15) is 22.5 Å². The number of benzene rings is 2. The molecule has 4 aromatic rings. The van der Waals surface area contributed by atoms with Crippen LogP contribution in [0.3, 0.4) is 0 Å². The third-order valence-electron chi connectivity index (χ3n) is 7.21. The zero-order valence-electron chi connectivity index (χ0n) is 21.4. The van der Waals surface area contributed by atoms with Gasteiger partial charge in [-0.05, 0) is 49.2 Å². The van der Waals surface area contributed by atoms with Gasteiger partial charge in [0.15, 0.2) is 11.6 Å². The van der Waals surface area contributed by atoms with E-state index in [-0.39, 0.29) is 29.8 Å². The van der Waals surface area contributed by atoms with Gasteiger partial charge in [0, 0.05) is 36.4 Å². The van der Waals surface area contributed by atoms with E-state index in [0.717, 1.165) is 5.52 Å². The van der Waals surface area contributed by atoms with E-state index in [1.54, 1.807) is 43.5 Å². The van der Waals surface area contributed by atoms with Crippen LogP contribution in [0.5, 0.6) is 5.75 Å². The molecule has 8 nitrogen and oxygen atoms in total. The normalized spacial score (nSPS) is 18.3. The SMILES string of the molecule is CN1C(=O)c2cccc(OC(F)F)c2[C@H]2C[C@@H]1c1nc3ccc(-c4cnc(NCP(C)(C)=O)c(F)c4)cc3n12. The number of pyridine rings is 1. The van der Waals surface area contributed by atoms with Crippen LogP contribution in [0.15, 0.2) is 48.7 Å². The predicted octanol–water partition coefficient (Wildman–Crippen LogP) is 5.95. The van der Waals surface area contributed by atoms with Crippen LogP contribution >= 0.6 is 7.14 Å². The summed E-state index contributed by atoms with van der Waals surface area (Å²) in [5, 5.41) is 2.80. The molecular formula is C27H25F3N5O3P. The fourth-order valence-corrected chi connectivity index (χ4v) is 5.98. The third kappa shape index (κ3) is 4.34. The Morgan fingerprint density at radius 2 is 1.95 bits per heavy atom. The maximum atomic E-state index is 14.9. The molecule has 1 N–H and O–H groups in total. The van der Waals surface area contributed by atoms with Crippen LogP contribution in [-0.2, 0) is 4.57 Å². The molecule has 39 heavy (non-hydrogen) atoms. The minimum atomic E-state index is -3.04. The van der Waals surface area contributed by atoms with E-state index in [4.69, 9.17) is 9.72 Å². The molecule has 12 heteroatoms. The molecule has 2 aromatic carbocycles. The zero-order chi connectivity index (χ0) is 27.6. The lowest BCUT2D eigenvalue weighted by atomic mass is 9.97. The number of carbonyl (C=O) groups excluding carboxylic acids is 1. The summed E-state index contributed by atoms with van der Waals surface area (Å²) in [5.74, 6) is -0.231. The molecule has 0 saturated carbocycles. The van der Waals surface area contributed by atoms with Gasteiger partial charge in [-0.25, -0.2) is 14.4 Å². The Labute approximate surface area is 222 Å². The lowest BCUT2D eigenvalue weighted by molar-refractivity contribution is -0.0507. The summed E-state index contributed by atoms with van der Waals surface area (Å²) in [4.78, 5) is 23.8. The molecule has 2 aromatic heterocycles. The van der Waals surface area contributed by atoms with Crippen molar-refractivity contribution in [1.82, 2.24) is 19.4 Å². The molecular weight excluding hydrogens is 530 g/mol. The van der Waals surface area contributed by atoms with Gasteiger partial charge in [-0.3, -0.25) is 4.79 Å². The number of hydrogen-bond acceptors (Lipinski definition) is 6. The van der Waals surface area contributed by atoms with E-state index in [0.29, 0.717) is 40.0 Å². The number of alkyl halides is 2. The molecule has 6 rings (SSSR count). The third-order valence-corrected chi connectivity index (χ3v) is 8.13. The highest BCUT2D eigenvalue weighted by Gasteiger charge is 2.45. The van der Waals surface area contributed by atoms with Gasteiger partial charge in [0.25, 0.3) is 5.91 Å². The number of nitrogens with one attached hydrogen (secondary N) is 1. The lowest BCUT2D eigenvalue weighted by Gasteiger charge is -2.24. The van der Waals surface area contributed by atoms with Gasteiger partial charge in [-0.15, -0.1) is 0 Å². The average molecular weight is 555 g/mol. The van der Waals surface area contributed by atoms with Crippen molar-refractivity contribution >= 4 is 29.9 Å². The van der Waals surface area contributed by atoms with Crippen molar-refractivity contribution in [2.24, 2.45) is 0 Å². The number of imidazole rings is 1. The van der Waals surface area contributed by atoms with Gasteiger partial charge in [-0.1, -0.05) is 12.1 Å². The smallest absolute Gasteiger partial charge is 0.387 e. The van der Waals surface area contributed by atoms with E-state index in [1.807, 2.05) is 10.6 Å². The topological polar surface area (TPSA) is 89.4 Å². The quantitative estimate of drug-likeness (QED) is 0.296. The molecule has 0 fully saturated rings. The lowest BCUT2D eigenvalue weighted by Crippen LogP contribution is -2.30. The van der Waals surface area contributed by atoms with Gasteiger partial charge in [-0.2, -0.15) is 8.78 Å². The summed E-state index contributed by atoms with van der Waals surface area (Å²) in [6, 6.07) is 10.6. The fraction of sp³-hybridized carbons (Fsp3) is 0.296. The molecule has 2 aliphatic rings. The molecule has 0 radical (unpaired) electrons. The minimum Gasteiger partial charge on any atom is -0.434 e. The number of aromatic nitrogens is 3. The number of nitrogens with zero attached hydrogens (tertiary/aromatic N) is 4. The highest BCUT2D eigenvalue weighted by Crippen LogP contribution is 2.50. The Morgan fingerprint density at radius 1 is 1.15 bits per heavy atom. The zero-order valence-corrected chi connectivity index (χ0v) is 22.3. The summed E-state index contributed by atoms with van der Waals surface area (Å²) in [6.07, 6.45) is 2.11. The number of ether oxygens (including phenoxy) is 1.